The van der Waals surface area contributed by atoms with Gasteiger partial charge in [-0.1, -0.05) is 5.21 Å². The fourth-order valence-electron chi connectivity index (χ4n) is 3.16. The van der Waals surface area contributed by atoms with Crippen LogP contribution in [0.5, 0.6) is 0 Å². The molecule has 0 N–H and O–H groups in total. The van der Waals surface area contributed by atoms with E-state index in [4.69, 9.17) is 0 Å². The average Bonchev–Trinajstić information content (AvgIpc) is 3.12. The van der Waals surface area contributed by atoms with E-state index in [0.717, 1.165) is 29.8 Å². The summed E-state index contributed by atoms with van der Waals surface area (Å²) in [4.78, 5) is 6.87. The van der Waals surface area contributed by atoms with Gasteiger partial charge in [0.1, 0.15) is 5.69 Å². The van der Waals surface area contributed by atoms with Crippen molar-refractivity contribution in [3.8, 4) is 11.3 Å². The van der Waals surface area contributed by atoms with Crippen molar-refractivity contribution in [2.75, 3.05) is 11.4 Å². The Kier molecular flexibility index (Phi) is 2.33. The van der Waals surface area contributed by atoms with Crippen molar-refractivity contribution in [2.45, 2.75) is 32.4 Å². The molecule has 2 aromatic heterocycles. The first-order valence-electron chi connectivity index (χ1n) is 6.95. The molecule has 3 aliphatic rings. The predicted octanol–water partition coefficient (Wildman–Crippen LogP) is 1.96. The number of rotatable bonds is 3. The zero-order valence-electron chi connectivity index (χ0n) is 11.0. The molecular weight excluding hydrogens is 238 g/mol. The number of anilines is 1. The van der Waals surface area contributed by atoms with Crippen molar-refractivity contribution in [2.24, 2.45) is 5.92 Å². The molecule has 2 saturated heterocycles. The van der Waals surface area contributed by atoms with Gasteiger partial charge in [0.2, 0.25) is 0 Å². The summed E-state index contributed by atoms with van der Waals surface area (Å²) in [6.45, 7) is 4.10. The Morgan fingerprint density at radius 1 is 1.32 bits per heavy atom. The molecule has 4 heterocycles. The highest BCUT2D eigenvalue weighted by Crippen LogP contribution is 2.43. The highest BCUT2D eigenvalue weighted by atomic mass is 15.4. The van der Waals surface area contributed by atoms with Crippen LogP contribution in [0.3, 0.4) is 0 Å². The Bertz CT molecular complexity index is 599. The molecule has 5 heteroatoms. The van der Waals surface area contributed by atoms with Crippen LogP contribution in [-0.4, -0.2) is 32.6 Å². The summed E-state index contributed by atoms with van der Waals surface area (Å²) in [6.07, 6.45) is 8.53. The average molecular weight is 255 g/mol. The highest BCUT2D eigenvalue weighted by Gasteiger charge is 2.42. The zero-order chi connectivity index (χ0) is 12.8. The van der Waals surface area contributed by atoms with Gasteiger partial charge in [0.05, 0.1) is 18.1 Å². The van der Waals surface area contributed by atoms with E-state index in [1.807, 2.05) is 23.3 Å². The topological polar surface area (TPSA) is 46.8 Å². The van der Waals surface area contributed by atoms with Gasteiger partial charge in [-0.15, -0.1) is 5.10 Å². The van der Waals surface area contributed by atoms with Crippen molar-refractivity contribution >= 4 is 5.69 Å². The molecule has 0 aromatic carbocycles. The maximum Gasteiger partial charge on any atom is 0.114 e. The van der Waals surface area contributed by atoms with Gasteiger partial charge in [-0.3, -0.25) is 9.67 Å². The van der Waals surface area contributed by atoms with Crippen molar-refractivity contribution < 1.29 is 0 Å². The maximum atomic E-state index is 4.37. The zero-order valence-corrected chi connectivity index (χ0v) is 11.0. The third-order valence-electron chi connectivity index (χ3n) is 4.32. The van der Waals surface area contributed by atoms with Crippen LogP contribution in [0.2, 0.25) is 0 Å². The number of aryl methyl sites for hydroxylation is 1. The van der Waals surface area contributed by atoms with Gasteiger partial charge in [-0.25, -0.2) is 0 Å². The Hall–Kier alpha value is -1.91. The van der Waals surface area contributed by atoms with Gasteiger partial charge < -0.3 is 4.90 Å². The number of fused-ring (bicyclic) bond motifs is 1. The standard InChI is InChI=1S/C14H17N5/c1-2-18-9-14(16-17-18)11-5-13(7-15-6-11)19-8-10-3-12(19)4-10/h5-7,9-10,12H,2-4,8H2,1H3. The lowest BCUT2D eigenvalue weighted by molar-refractivity contribution is 0.381. The molecule has 0 amide bonds. The normalized spacial score (nSPS) is 24.6. The summed E-state index contributed by atoms with van der Waals surface area (Å²) < 4.78 is 1.84. The van der Waals surface area contributed by atoms with E-state index in [1.165, 1.54) is 25.1 Å². The van der Waals surface area contributed by atoms with Crippen LogP contribution < -0.4 is 4.90 Å². The predicted molar refractivity (Wildman–Crippen MR) is 72.8 cm³/mol. The summed E-state index contributed by atoms with van der Waals surface area (Å²) in [5.41, 5.74) is 3.19. The molecule has 98 valence electrons. The fraction of sp³-hybridized carbons (Fsp3) is 0.500. The lowest BCUT2D eigenvalue weighted by atomic mass is 9.86. The molecule has 2 aromatic rings. The minimum absolute atomic E-state index is 0.744. The summed E-state index contributed by atoms with van der Waals surface area (Å²) in [7, 11) is 0. The number of nitrogens with zero attached hydrogens (tertiary/aromatic N) is 5. The van der Waals surface area contributed by atoms with Crippen molar-refractivity contribution in [1.29, 1.82) is 0 Å². The van der Waals surface area contributed by atoms with E-state index < -0.39 is 0 Å². The lowest BCUT2D eigenvalue weighted by Gasteiger charge is -2.27. The van der Waals surface area contributed by atoms with Gasteiger partial charge >= 0.3 is 0 Å². The van der Waals surface area contributed by atoms with Crippen LogP contribution in [0.15, 0.2) is 24.7 Å². The molecule has 5 rings (SSSR count). The van der Waals surface area contributed by atoms with E-state index in [0.29, 0.717) is 0 Å². The van der Waals surface area contributed by atoms with Gasteiger partial charge in [-0.2, -0.15) is 0 Å². The van der Waals surface area contributed by atoms with Gasteiger partial charge in [0.25, 0.3) is 0 Å². The monoisotopic (exact) mass is 255 g/mol. The molecule has 1 saturated carbocycles. The van der Waals surface area contributed by atoms with Crippen LogP contribution in [-0.2, 0) is 6.54 Å². The number of pyridine rings is 1. The second-order valence-electron chi connectivity index (χ2n) is 5.53. The number of aromatic nitrogens is 4. The largest absolute Gasteiger partial charge is 0.367 e. The summed E-state index contributed by atoms with van der Waals surface area (Å²) in [5, 5.41) is 8.30. The summed E-state index contributed by atoms with van der Waals surface area (Å²) >= 11 is 0. The Morgan fingerprint density at radius 2 is 2.21 bits per heavy atom. The van der Waals surface area contributed by atoms with E-state index in [1.54, 1.807) is 0 Å². The highest BCUT2D eigenvalue weighted by molar-refractivity contribution is 5.64. The van der Waals surface area contributed by atoms with Crippen LogP contribution in [0, 0.1) is 5.92 Å². The first-order chi connectivity index (χ1) is 9.33. The quantitative estimate of drug-likeness (QED) is 0.841. The van der Waals surface area contributed by atoms with E-state index >= 15 is 0 Å². The van der Waals surface area contributed by atoms with Crippen LogP contribution in [0.25, 0.3) is 11.3 Å². The van der Waals surface area contributed by atoms with E-state index in [2.05, 4.69) is 33.2 Å². The Labute approximate surface area is 112 Å². The van der Waals surface area contributed by atoms with Gasteiger partial charge in [0.15, 0.2) is 0 Å². The first kappa shape index (κ1) is 11.0. The van der Waals surface area contributed by atoms with Crippen LogP contribution in [0.4, 0.5) is 5.69 Å². The van der Waals surface area contributed by atoms with E-state index in [9.17, 15) is 0 Å². The molecule has 2 aliphatic heterocycles. The molecule has 5 nitrogen and oxygen atoms in total. The van der Waals surface area contributed by atoms with Crippen LogP contribution in [0.1, 0.15) is 19.8 Å². The van der Waals surface area contributed by atoms with Gasteiger partial charge in [-0.05, 0) is 31.7 Å². The summed E-state index contributed by atoms with van der Waals surface area (Å²) in [5.74, 6) is 0.912. The molecule has 1 aliphatic carbocycles. The fourth-order valence-corrected chi connectivity index (χ4v) is 3.16. The second kappa shape index (κ2) is 4.05. The Balaban J connectivity index is 1.66. The third kappa shape index (κ3) is 1.72. The minimum atomic E-state index is 0.744. The molecule has 2 bridgehead atoms. The van der Waals surface area contributed by atoms with Crippen molar-refractivity contribution in [3.63, 3.8) is 0 Å². The SMILES string of the molecule is CCn1cc(-c2cncc(N3CC4CC3C4)c2)nn1. The smallest absolute Gasteiger partial charge is 0.114 e. The second-order valence-corrected chi connectivity index (χ2v) is 5.53. The molecule has 0 radical (unpaired) electrons. The van der Waals surface area contributed by atoms with Gasteiger partial charge in [0, 0.05) is 30.9 Å². The molecule has 0 unspecified atom stereocenters. The molecule has 3 fully saturated rings. The molecular formula is C14H17N5. The third-order valence-corrected chi connectivity index (χ3v) is 4.32. The van der Waals surface area contributed by atoms with E-state index in [-0.39, 0.29) is 0 Å². The van der Waals surface area contributed by atoms with Crippen LogP contribution >= 0.6 is 0 Å². The first-order valence-corrected chi connectivity index (χ1v) is 6.95. The molecule has 0 spiro atoms. The number of hydrogen-bond acceptors (Lipinski definition) is 4. The Morgan fingerprint density at radius 3 is 2.89 bits per heavy atom. The number of hydrogen-bond donors (Lipinski definition) is 0. The minimum Gasteiger partial charge on any atom is -0.367 e. The lowest BCUT2D eigenvalue weighted by Crippen LogP contribution is -2.28. The molecule has 19 heavy (non-hydrogen) atoms. The van der Waals surface area contributed by atoms with Crippen molar-refractivity contribution in [3.05, 3.63) is 24.7 Å². The maximum absolute atomic E-state index is 4.37. The summed E-state index contributed by atoms with van der Waals surface area (Å²) in [6, 6.07) is 2.94. The molecule has 0 atom stereocenters. The van der Waals surface area contributed by atoms with Crippen molar-refractivity contribution in [1.82, 2.24) is 20.0 Å².